The third-order valence-corrected chi connectivity index (χ3v) is 3.17. The number of carbonyl (C=O) groups is 1. The number of aliphatic hydroxyl groups excluding tert-OH is 1. The number of allylic oxidation sites excluding steroid dienone is 1. The first-order valence-electron chi connectivity index (χ1n) is 5.98. The number of aliphatic hydroxyl groups is 1. The van der Waals surface area contributed by atoms with Gasteiger partial charge in [0.1, 0.15) is 11.5 Å². The molecule has 0 aliphatic heterocycles. The highest BCUT2D eigenvalue weighted by molar-refractivity contribution is 6.34. The fraction of sp³-hybridized carbons (Fsp3) is 0.0625. The van der Waals surface area contributed by atoms with Gasteiger partial charge in [-0.3, -0.25) is 4.79 Å². The van der Waals surface area contributed by atoms with Crippen LogP contribution in [0.3, 0.4) is 0 Å². The quantitative estimate of drug-likeness (QED) is 0.507. The van der Waals surface area contributed by atoms with Gasteiger partial charge in [0, 0.05) is 11.6 Å². The van der Waals surface area contributed by atoms with Crippen molar-refractivity contribution in [2.45, 2.75) is 6.92 Å². The van der Waals surface area contributed by atoms with Crippen LogP contribution in [-0.2, 0) is 0 Å². The van der Waals surface area contributed by atoms with Crippen LogP contribution in [0.25, 0.3) is 5.76 Å². The number of rotatable bonds is 3. The smallest absolute Gasteiger partial charge is 0.191 e. The number of aromatic hydroxyl groups is 1. The fourth-order valence-corrected chi connectivity index (χ4v) is 2.03. The van der Waals surface area contributed by atoms with Crippen molar-refractivity contribution in [1.82, 2.24) is 0 Å². The number of ketones is 1. The Kier molecular flexibility index (Phi) is 4.11. The van der Waals surface area contributed by atoms with E-state index in [1.807, 2.05) is 6.92 Å². The number of carbonyl (C=O) groups excluding carboxylic acids is 1. The van der Waals surface area contributed by atoms with Gasteiger partial charge in [-0.25, -0.2) is 0 Å². The van der Waals surface area contributed by atoms with Crippen molar-refractivity contribution < 1.29 is 15.0 Å². The third-order valence-electron chi connectivity index (χ3n) is 2.84. The van der Waals surface area contributed by atoms with Crippen LogP contribution in [0.4, 0.5) is 0 Å². The number of phenols is 1. The van der Waals surface area contributed by atoms with E-state index in [9.17, 15) is 15.0 Å². The summed E-state index contributed by atoms with van der Waals surface area (Å²) in [6.45, 7) is 1.82. The molecule has 0 saturated heterocycles. The molecule has 0 aliphatic carbocycles. The highest BCUT2D eigenvalue weighted by Gasteiger charge is 2.11. The van der Waals surface area contributed by atoms with Crippen LogP contribution in [-0.4, -0.2) is 16.0 Å². The minimum Gasteiger partial charge on any atom is -0.507 e. The Morgan fingerprint density at radius 1 is 1.15 bits per heavy atom. The molecular formula is C16H13ClO3. The Morgan fingerprint density at radius 2 is 1.85 bits per heavy atom. The molecule has 0 unspecified atom stereocenters. The molecule has 0 aromatic heterocycles. The molecule has 2 aromatic rings. The second kappa shape index (κ2) is 5.80. The summed E-state index contributed by atoms with van der Waals surface area (Å²) in [6, 6.07) is 11.4. The van der Waals surface area contributed by atoms with Crippen molar-refractivity contribution in [1.29, 1.82) is 0 Å². The van der Waals surface area contributed by atoms with Crippen molar-refractivity contribution in [3.8, 4) is 5.75 Å². The number of aryl methyl sites for hydroxylation is 1. The van der Waals surface area contributed by atoms with Gasteiger partial charge in [0.2, 0.25) is 0 Å². The first kappa shape index (κ1) is 14.2. The summed E-state index contributed by atoms with van der Waals surface area (Å²) in [5.74, 6) is -0.800. The second-order valence-electron chi connectivity index (χ2n) is 4.39. The van der Waals surface area contributed by atoms with Crippen LogP contribution < -0.4 is 0 Å². The number of hydrogen-bond donors (Lipinski definition) is 2. The summed E-state index contributed by atoms with van der Waals surface area (Å²) in [4.78, 5) is 12.0. The minimum absolute atomic E-state index is 0.0780. The number of hydrogen-bond acceptors (Lipinski definition) is 3. The van der Waals surface area contributed by atoms with E-state index in [0.717, 1.165) is 11.6 Å². The van der Waals surface area contributed by atoms with E-state index in [-0.39, 0.29) is 17.1 Å². The molecule has 0 bridgehead atoms. The van der Waals surface area contributed by atoms with Gasteiger partial charge in [0.05, 0.1) is 10.6 Å². The predicted octanol–water partition coefficient (Wildman–Crippen LogP) is 4.14. The Morgan fingerprint density at radius 3 is 2.50 bits per heavy atom. The van der Waals surface area contributed by atoms with Crippen LogP contribution in [0.5, 0.6) is 5.75 Å². The van der Waals surface area contributed by atoms with E-state index in [4.69, 9.17) is 11.6 Å². The normalized spacial score (nSPS) is 11.4. The summed E-state index contributed by atoms with van der Waals surface area (Å²) < 4.78 is 0. The molecule has 0 fully saturated rings. The molecule has 4 heteroatoms. The van der Waals surface area contributed by atoms with Gasteiger partial charge < -0.3 is 10.2 Å². The zero-order chi connectivity index (χ0) is 14.7. The monoisotopic (exact) mass is 288 g/mol. The van der Waals surface area contributed by atoms with Crippen LogP contribution in [0, 0.1) is 6.92 Å². The number of benzene rings is 2. The van der Waals surface area contributed by atoms with Gasteiger partial charge in [-0.2, -0.15) is 0 Å². The lowest BCUT2D eigenvalue weighted by Gasteiger charge is -2.05. The maximum absolute atomic E-state index is 12.0. The maximum atomic E-state index is 12.0. The molecule has 0 radical (unpaired) electrons. The van der Waals surface area contributed by atoms with E-state index < -0.39 is 5.78 Å². The van der Waals surface area contributed by atoms with Crippen LogP contribution in [0.1, 0.15) is 21.5 Å². The molecule has 0 spiro atoms. The lowest BCUT2D eigenvalue weighted by molar-refractivity contribution is 0.104. The summed E-state index contributed by atoms with van der Waals surface area (Å²) in [5.41, 5.74) is 1.36. The Hall–Kier alpha value is -2.26. The molecule has 0 atom stereocenters. The van der Waals surface area contributed by atoms with Crippen molar-refractivity contribution >= 4 is 23.1 Å². The molecule has 2 aromatic carbocycles. The Bertz CT molecular complexity index is 690. The molecule has 2 N–H and O–H groups in total. The van der Waals surface area contributed by atoms with E-state index in [1.165, 1.54) is 6.07 Å². The lowest BCUT2D eigenvalue weighted by atomic mass is 10.1. The molecule has 0 heterocycles. The van der Waals surface area contributed by atoms with E-state index in [2.05, 4.69) is 0 Å². The molecule has 0 aliphatic rings. The predicted molar refractivity (Wildman–Crippen MR) is 79.2 cm³/mol. The summed E-state index contributed by atoms with van der Waals surface area (Å²) in [5, 5.41) is 20.0. The number of halogens is 1. The van der Waals surface area contributed by atoms with Crippen molar-refractivity contribution in [2.75, 3.05) is 0 Å². The number of phenolic OH excluding ortho intramolecular Hbond substituents is 1. The van der Waals surface area contributed by atoms with Crippen LogP contribution in [0.2, 0.25) is 5.02 Å². The average molecular weight is 289 g/mol. The standard InChI is InChI=1S/C16H13ClO3/c1-10-6-7-12(14(18)8-10)16(20)9-15(19)11-4-2-3-5-13(11)17/h2-9,18,20H,1H3/b16-9+. The molecule has 20 heavy (non-hydrogen) atoms. The molecule has 102 valence electrons. The molecule has 0 saturated carbocycles. The molecule has 2 rings (SSSR count). The summed E-state index contributed by atoms with van der Waals surface area (Å²) in [7, 11) is 0. The zero-order valence-corrected chi connectivity index (χ0v) is 11.6. The molecular weight excluding hydrogens is 276 g/mol. The van der Waals surface area contributed by atoms with Crippen molar-refractivity contribution in [3.63, 3.8) is 0 Å². The maximum Gasteiger partial charge on any atom is 0.191 e. The highest BCUT2D eigenvalue weighted by atomic mass is 35.5. The second-order valence-corrected chi connectivity index (χ2v) is 4.80. The van der Waals surface area contributed by atoms with Crippen molar-refractivity contribution in [2.24, 2.45) is 0 Å². The fourth-order valence-electron chi connectivity index (χ4n) is 1.80. The van der Waals surface area contributed by atoms with Gasteiger partial charge >= 0.3 is 0 Å². The summed E-state index contributed by atoms with van der Waals surface area (Å²) in [6.07, 6.45) is 1.05. The van der Waals surface area contributed by atoms with E-state index in [0.29, 0.717) is 10.6 Å². The molecule has 0 amide bonds. The lowest BCUT2D eigenvalue weighted by Crippen LogP contribution is -1.97. The largest absolute Gasteiger partial charge is 0.507 e. The van der Waals surface area contributed by atoms with Gasteiger partial charge in [-0.05, 0) is 36.8 Å². The van der Waals surface area contributed by atoms with Gasteiger partial charge in [0.15, 0.2) is 5.78 Å². The van der Waals surface area contributed by atoms with Crippen LogP contribution >= 0.6 is 11.6 Å². The van der Waals surface area contributed by atoms with Gasteiger partial charge in [0.25, 0.3) is 0 Å². The SMILES string of the molecule is Cc1ccc(/C(O)=C\C(=O)c2ccccc2Cl)c(O)c1. The first-order valence-corrected chi connectivity index (χ1v) is 6.36. The first-order chi connectivity index (χ1) is 9.49. The Labute approximate surface area is 121 Å². The van der Waals surface area contributed by atoms with Crippen LogP contribution in [0.15, 0.2) is 48.5 Å². The highest BCUT2D eigenvalue weighted by Crippen LogP contribution is 2.25. The van der Waals surface area contributed by atoms with E-state index in [1.54, 1.807) is 36.4 Å². The molecule has 3 nitrogen and oxygen atoms in total. The topological polar surface area (TPSA) is 57.5 Å². The average Bonchev–Trinajstić information content (AvgIpc) is 2.38. The minimum atomic E-state index is -0.423. The Balaban J connectivity index is 2.35. The van der Waals surface area contributed by atoms with E-state index >= 15 is 0 Å². The van der Waals surface area contributed by atoms with Crippen molar-refractivity contribution in [3.05, 3.63) is 70.3 Å². The van der Waals surface area contributed by atoms with Gasteiger partial charge in [-0.15, -0.1) is 0 Å². The summed E-state index contributed by atoms with van der Waals surface area (Å²) >= 11 is 5.92. The zero-order valence-electron chi connectivity index (χ0n) is 10.8. The third kappa shape index (κ3) is 3.00. The van der Waals surface area contributed by atoms with Gasteiger partial charge in [-0.1, -0.05) is 29.8 Å².